The van der Waals surface area contributed by atoms with Gasteiger partial charge in [-0.1, -0.05) is 183 Å². The topological polar surface area (TPSA) is 149 Å². The molecule has 1 rings (SSSR count). The second kappa shape index (κ2) is 39.7. The molecule has 0 aromatic heterocycles. The van der Waals surface area contributed by atoms with Crippen LogP contribution in [0, 0.1) is 0 Å². The maximum absolute atomic E-state index is 12.8. The quantitative estimate of drug-likeness (QED) is 0.0266. The summed E-state index contributed by atoms with van der Waals surface area (Å²) in [7, 11) is 0. The fourth-order valence-electron chi connectivity index (χ4n) is 7.00. The number of nitrogens with one attached hydrogen (secondary N) is 1. The van der Waals surface area contributed by atoms with Gasteiger partial charge >= 0.3 is 0 Å². The molecule has 9 nitrogen and oxygen atoms in total. The van der Waals surface area contributed by atoms with E-state index < -0.39 is 49.5 Å². The molecule has 1 fully saturated rings. The highest BCUT2D eigenvalue weighted by Crippen LogP contribution is 2.22. The molecule has 6 N–H and O–H groups in total. The van der Waals surface area contributed by atoms with Crippen LogP contribution in [-0.2, 0) is 14.3 Å². The molecule has 7 unspecified atom stereocenters. The Morgan fingerprint density at radius 2 is 1.05 bits per heavy atom. The monoisotopic (exact) mass is 830 g/mol. The Hall–Kier alpha value is -2.37. The van der Waals surface area contributed by atoms with E-state index in [9.17, 15) is 30.3 Å². The molecule has 0 bridgehead atoms. The molecule has 9 heteroatoms. The van der Waals surface area contributed by atoms with E-state index in [1.807, 2.05) is 6.08 Å². The highest BCUT2D eigenvalue weighted by Gasteiger charge is 2.44. The fraction of sp³-hybridized carbons (Fsp3) is 0.740. The average molecular weight is 830 g/mol. The molecule has 0 aromatic carbocycles. The van der Waals surface area contributed by atoms with Gasteiger partial charge in [-0.25, -0.2) is 0 Å². The van der Waals surface area contributed by atoms with Crippen LogP contribution < -0.4 is 5.32 Å². The molecule has 1 heterocycles. The number of ether oxygens (including phenoxy) is 2. The molecule has 0 aliphatic carbocycles. The van der Waals surface area contributed by atoms with Crippen LogP contribution in [0.4, 0.5) is 0 Å². The van der Waals surface area contributed by atoms with Crippen molar-refractivity contribution in [3.8, 4) is 0 Å². The van der Waals surface area contributed by atoms with Crippen molar-refractivity contribution in [2.75, 3.05) is 13.2 Å². The molecule has 340 valence electrons. The van der Waals surface area contributed by atoms with Gasteiger partial charge in [0.1, 0.15) is 24.4 Å². The number of aliphatic hydroxyl groups is 5. The number of carbonyl (C=O) groups is 1. The summed E-state index contributed by atoms with van der Waals surface area (Å²) in [6.07, 6.45) is 47.3. The number of hydrogen-bond donors (Lipinski definition) is 6. The van der Waals surface area contributed by atoms with Gasteiger partial charge in [-0.05, 0) is 64.2 Å². The molecule has 1 aliphatic heterocycles. The summed E-state index contributed by atoms with van der Waals surface area (Å²) in [5.41, 5.74) is 0. The lowest BCUT2D eigenvalue weighted by atomic mass is 9.99. The molecule has 1 saturated heterocycles. The molecule has 59 heavy (non-hydrogen) atoms. The molecule has 0 saturated carbocycles. The Balaban J connectivity index is 2.07. The van der Waals surface area contributed by atoms with Gasteiger partial charge in [0, 0.05) is 6.42 Å². The van der Waals surface area contributed by atoms with Crippen molar-refractivity contribution in [2.24, 2.45) is 0 Å². The van der Waals surface area contributed by atoms with Gasteiger partial charge < -0.3 is 40.3 Å². The number of aliphatic hydroxyl groups excluding tert-OH is 5. The summed E-state index contributed by atoms with van der Waals surface area (Å²) in [6, 6.07) is -0.803. The summed E-state index contributed by atoms with van der Waals surface area (Å²) >= 11 is 0. The van der Waals surface area contributed by atoms with Crippen molar-refractivity contribution < 1.29 is 39.8 Å². The zero-order chi connectivity index (χ0) is 43.0. The summed E-state index contributed by atoms with van der Waals surface area (Å²) in [5, 5.41) is 53.7. The van der Waals surface area contributed by atoms with Gasteiger partial charge in [-0.2, -0.15) is 0 Å². The van der Waals surface area contributed by atoms with Crippen molar-refractivity contribution in [1.29, 1.82) is 0 Å². The lowest BCUT2D eigenvalue weighted by Gasteiger charge is -2.40. The Kier molecular flexibility index (Phi) is 36.8. The largest absolute Gasteiger partial charge is 0.394 e. The first-order valence-corrected chi connectivity index (χ1v) is 23.7. The van der Waals surface area contributed by atoms with Crippen LogP contribution in [0.5, 0.6) is 0 Å². The van der Waals surface area contributed by atoms with Crippen LogP contribution in [-0.4, -0.2) is 87.5 Å². The van der Waals surface area contributed by atoms with E-state index >= 15 is 0 Å². The third-order valence-corrected chi connectivity index (χ3v) is 10.8. The van der Waals surface area contributed by atoms with Crippen molar-refractivity contribution in [2.45, 2.75) is 224 Å². The summed E-state index contributed by atoms with van der Waals surface area (Å²) in [4.78, 5) is 12.8. The zero-order valence-electron chi connectivity index (χ0n) is 37.2. The third kappa shape index (κ3) is 30.3. The van der Waals surface area contributed by atoms with Crippen molar-refractivity contribution in [3.05, 3.63) is 72.9 Å². The van der Waals surface area contributed by atoms with Crippen molar-refractivity contribution in [3.63, 3.8) is 0 Å². The second-order valence-corrected chi connectivity index (χ2v) is 16.2. The van der Waals surface area contributed by atoms with Gasteiger partial charge in [-0.3, -0.25) is 4.79 Å². The predicted molar refractivity (Wildman–Crippen MR) is 244 cm³/mol. The van der Waals surface area contributed by atoms with Crippen LogP contribution >= 0.6 is 0 Å². The normalized spacial score (nSPS) is 21.4. The molecule has 7 atom stereocenters. The van der Waals surface area contributed by atoms with Crippen LogP contribution in [0.2, 0.25) is 0 Å². The first kappa shape index (κ1) is 54.6. The standard InChI is InChI=1S/C50H87NO8/c1-3-5-7-9-10-11-12-13-14-15-16-17-18-19-20-21-22-23-24-25-26-27-28-29-30-31-32-33-34-36-38-40-46(54)51-43(44(53)39-37-35-8-6-4-2)42-58-50-49(57)48(56)47(55)45(41-52)59-50/h5,7,10-11,13-14,16-17,19-20,37,39,43-45,47-50,52-53,55-57H,3-4,6,8-9,12,15,18,21-36,38,40-42H2,1-2H3,(H,51,54)/b7-5-,11-10-,14-13-,17-16-,20-19-,39-37+. The summed E-state index contributed by atoms with van der Waals surface area (Å²) in [5.74, 6) is -0.188. The average Bonchev–Trinajstić information content (AvgIpc) is 3.23. The van der Waals surface area contributed by atoms with E-state index in [2.05, 4.69) is 79.9 Å². The van der Waals surface area contributed by atoms with Crippen LogP contribution in [0.3, 0.4) is 0 Å². The van der Waals surface area contributed by atoms with Crippen molar-refractivity contribution >= 4 is 5.91 Å². The van der Waals surface area contributed by atoms with E-state index in [1.165, 1.54) is 83.5 Å². The Bertz CT molecular complexity index is 1150. The van der Waals surface area contributed by atoms with Gasteiger partial charge in [0.25, 0.3) is 0 Å². The molecule has 1 aliphatic rings. The lowest BCUT2D eigenvalue weighted by molar-refractivity contribution is -0.302. The SMILES string of the molecule is CC/C=C\C/C=C\C/C=C\C/C=C\C/C=C\CCCCCCCCCCCCCCCCCC(=O)NC(COC1OC(CO)C(O)C(O)C1O)C(O)/C=C/CCCCC. The number of amides is 1. The Morgan fingerprint density at radius 1 is 0.593 bits per heavy atom. The van der Waals surface area contributed by atoms with Gasteiger partial charge in [-0.15, -0.1) is 0 Å². The van der Waals surface area contributed by atoms with Gasteiger partial charge in [0.15, 0.2) is 6.29 Å². The van der Waals surface area contributed by atoms with E-state index in [0.717, 1.165) is 77.0 Å². The summed E-state index contributed by atoms with van der Waals surface area (Å²) < 4.78 is 11.1. The maximum atomic E-state index is 12.8. The predicted octanol–water partition coefficient (Wildman–Crippen LogP) is 10.2. The molecular weight excluding hydrogens is 743 g/mol. The van der Waals surface area contributed by atoms with Crippen molar-refractivity contribution in [1.82, 2.24) is 5.32 Å². The Labute approximate surface area is 359 Å². The number of rotatable bonds is 38. The first-order chi connectivity index (χ1) is 28.8. The molecular formula is C50H87NO8. The molecule has 0 radical (unpaired) electrons. The number of allylic oxidation sites excluding steroid dienone is 11. The highest BCUT2D eigenvalue weighted by molar-refractivity contribution is 5.76. The number of hydrogen-bond acceptors (Lipinski definition) is 8. The number of unbranched alkanes of at least 4 members (excludes halogenated alkanes) is 18. The van der Waals surface area contributed by atoms with E-state index in [0.29, 0.717) is 6.42 Å². The van der Waals surface area contributed by atoms with Crippen LogP contribution in [0.1, 0.15) is 181 Å². The minimum Gasteiger partial charge on any atom is -0.394 e. The fourth-order valence-corrected chi connectivity index (χ4v) is 7.00. The van der Waals surface area contributed by atoms with E-state index in [-0.39, 0.29) is 12.5 Å². The van der Waals surface area contributed by atoms with Crippen LogP contribution in [0.15, 0.2) is 72.9 Å². The van der Waals surface area contributed by atoms with E-state index in [1.54, 1.807) is 6.08 Å². The first-order valence-electron chi connectivity index (χ1n) is 23.7. The molecule has 0 aromatic rings. The smallest absolute Gasteiger partial charge is 0.220 e. The zero-order valence-corrected chi connectivity index (χ0v) is 37.2. The lowest BCUT2D eigenvalue weighted by Crippen LogP contribution is -2.60. The second-order valence-electron chi connectivity index (χ2n) is 16.2. The highest BCUT2D eigenvalue weighted by atomic mass is 16.7. The Morgan fingerprint density at radius 3 is 1.56 bits per heavy atom. The maximum Gasteiger partial charge on any atom is 0.220 e. The number of carbonyl (C=O) groups excluding carboxylic acids is 1. The molecule has 1 amide bonds. The van der Waals surface area contributed by atoms with Gasteiger partial charge in [0.2, 0.25) is 5.91 Å². The van der Waals surface area contributed by atoms with E-state index in [4.69, 9.17) is 9.47 Å². The minimum atomic E-state index is -1.56. The molecule has 0 spiro atoms. The van der Waals surface area contributed by atoms with Crippen LogP contribution in [0.25, 0.3) is 0 Å². The summed E-state index contributed by atoms with van der Waals surface area (Å²) in [6.45, 7) is 3.53. The third-order valence-electron chi connectivity index (χ3n) is 10.8. The van der Waals surface area contributed by atoms with Gasteiger partial charge in [0.05, 0.1) is 25.4 Å². The minimum absolute atomic E-state index is 0.188.